The maximum atomic E-state index is 12.2. The summed E-state index contributed by atoms with van der Waals surface area (Å²) in [7, 11) is 2.80. The van der Waals surface area contributed by atoms with Crippen molar-refractivity contribution in [2.75, 3.05) is 20.0 Å². The fourth-order valence-electron chi connectivity index (χ4n) is 1.72. The molecule has 0 unspecified atom stereocenters. The molecule has 6 nitrogen and oxygen atoms in total. The van der Waals surface area contributed by atoms with Gasteiger partial charge in [-0.2, -0.15) is 0 Å². The summed E-state index contributed by atoms with van der Waals surface area (Å²) in [6.07, 6.45) is 0. The van der Waals surface area contributed by atoms with E-state index in [1.165, 1.54) is 14.2 Å². The first kappa shape index (κ1) is 15.8. The Morgan fingerprint density at radius 2 is 1.90 bits per heavy atom. The molecule has 1 atom stereocenters. The van der Waals surface area contributed by atoms with E-state index in [2.05, 4.69) is 10.1 Å². The summed E-state index contributed by atoms with van der Waals surface area (Å²) in [5, 5.41) is 2.63. The molecule has 0 aliphatic carbocycles. The van der Waals surface area contributed by atoms with E-state index < -0.39 is 17.9 Å². The highest BCUT2D eigenvalue weighted by Crippen LogP contribution is 2.20. The van der Waals surface area contributed by atoms with Gasteiger partial charge >= 0.3 is 5.97 Å². The predicted molar refractivity (Wildman–Crippen MR) is 75.5 cm³/mol. The number of carbonyl (C=O) groups excluding carboxylic acids is 2. The fraction of sp³-hybridized carbons (Fsp3) is 0.429. The number of benzene rings is 1. The number of nitrogens with one attached hydrogen (secondary N) is 1. The summed E-state index contributed by atoms with van der Waals surface area (Å²) in [6.45, 7) is 3.64. The van der Waals surface area contributed by atoms with E-state index in [1.807, 2.05) is 13.8 Å². The predicted octanol–water partition coefficient (Wildman–Crippen LogP) is 1.20. The maximum Gasteiger partial charge on any atom is 0.328 e. The molecule has 20 heavy (non-hydrogen) atoms. The van der Waals surface area contributed by atoms with Crippen molar-refractivity contribution >= 4 is 17.6 Å². The highest BCUT2D eigenvalue weighted by atomic mass is 16.5. The summed E-state index contributed by atoms with van der Waals surface area (Å²) < 4.78 is 9.69. The van der Waals surface area contributed by atoms with E-state index in [0.717, 1.165) is 0 Å². The number of hydrogen-bond donors (Lipinski definition) is 2. The zero-order valence-corrected chi connectivity index (χ0v) is 12.1. The molecular weight excluding hydrogens is 260 g/mol. The van der Waals surface area contributed by atoms with Gasteiger partial charge in [0, 0.05) is 11.8 Å². The third-order valence-electron chi connectivity index (χ3n) is 2.91. The number of amides is 1. The van der Waals surface area contributed by atoms with Gasteiger partial charge in [-0.3, -0.25) is 4.79 Å². The average Bonchev–Trinajstić information content (AvgIpc) is 2.43. The van der Waals surface area contributed by atoms with Gasteiger partial charge in [0.05, 0.1) is 19.8 Å². The standard InChI is InChI=1S/C14H20N2O4/c1-8(2)12(14(18)20-4)16-13(17)10-6-5-9(19-3)7-11(10)15/h5-8,12H,15H2,1-4H3,(H,16,17)/t12-/m0/s1. The second-order valence-electron chi connectivity index (χ2n) is 4.67. The van der Waals surface area contributed by atoms with Gasteiger partial charge in [-0.15, -0.1) is 0 Å². The second-order valence-corrected chi connectivity index (χ2v) is 4.67. The number of anilines is 1. The van der Waals surface area contributed by atoms with E-state index in [1.54, 1.807) is 18.2 Å². The lowest BCUT2D eigenvalue weighted by Crippen LogP contribution is -2.45. The summed E-state index contributed by atoms with van der Waals surface area (Å²) in [4.78, 5) is 23.8. The molecule has 0 aliphatic heterocycles. The van der Waals surface area contributed by atoms with Gasteiger partial charge in [-0.05, 0) is 18.1 Å². The van der Waals surface area contributed by atoms with Crippen molar-refractivity contribution in [1.82, 2.24) is 5.32 Å². The largest absolute Gasteiger partial charge is 0.497 e. The Hall–Kier alpha value is -2.24. The normalized spacial score (nSPS) is 11.8. The van der Waals surface area contributed by atoms with Crippen molar-refractivity contribution in [3.05, 3.63) is 23.8 Å². The highest BCUT2D eigenvalue weighted by molar-refractivity contribution is 6.01. The molecule has 110 valence electrons. The van der Waals surface area contributed by atoms with Crippen LogP contribution in [-0.4, -0.2) is 32.1 Å². The number of carbonyl (C=O) groups is 2. The van der Waals surface area contributed by atoms with Gasteiger partial charge in [0.1, 0.15) is 11.8 Å². The number of nitrogens with two attached hydrogens (primary N) is 1. The Morgan fingerprint density at radius 1 is 1.25 bits per heavy atom. The van der Waals surface area contributed by atoms with Gasteiger partial charge in [0.15, 0.2) is 0 Å². The van der Waals surface area contributed by atoms with Crippen LogP contribution < -0.4 is 15.8 Å². The first-order valence-electron chi connectivity index (χ1n) is 6.23. The number of nitrogen functional groups attached to an aromatic ring is 1. The molecule has 1 aromatic rings. The monoisotopic (exact) mass is 280 g/mol. The van der Waals surface area contributed by atoms with Gasteiger partial charge in [0.25, 0.3) is 5.91 Å². The number of rotatable bonds is 5. The van der Waals surface area contributed by atoms with E-state index >= 15 is 0 Å². The third kappa shape index (κ3) is 3.63. The molecule has 1 rings (SSSR count). The van der Waals surface area contributed by atoms with Gasteiger partial charge in [-0.25, -0.2) is 4.79 Å². The molecule has 0 fully saturated rings. The van der Waals surface area contributed by atoms with Crippen LogP contribution in [0.25, 0.3) is 0 Å². The molecule has 0 radical (unpaired) electrons. The van der Waals surface area contributed by atoms with E-state index in [9.17, 15) is 9.59 Å². The molecular formula is C14H20N2O4. The molecule has 3 N–H and O–H groups in total. The van der Waals surface area contributed by atoms with Crippen LogP contribution in [-0.2, 0) is 9.53 Å². The Morgan fingerprint density at radius 3 is 2.35 bits per heavy atom. The van der Waals surface area contributed by atoms with Crippen LogP contribution >= 0.6 is 0 Å². The molecule has 0 heterocycles. The van der Waals surface area contributed by atoms with Crippen molar-refractivity contribution in [2.45, 2.75) is 19.9 Å². The minimum atomic E-state index is -0.714. The number of hydrogen-bond acceptors (Lipinski definition) is 5. The van der Waals surface area contributed by atoms with Crippen LogP contribution in [0.1, 0.15) is 24.2 Å². The summed E-state index contributed by atoms with van der Waals surface area (Å²) >= 11 is 0. The quantitative estimate of drug-likeness (QED) is 0.625. The minimum Gasteiger partial charge on any atom is -0.497 e. The van der Waals surface area contributed by atoms with Crippen molar-refractivity contribution in [3.8, 4) is 5.75 Å². The molecule has 0 bridgehead atoms. The smallest absolute Gasteiger partial charge is 0.328 e. The summed E-state index contributed by atoms with van der Waals surface area (Å²) in [5.41, 5.74) is 6.38. The average molecular weight is 280 g/mol. The van der Waals surface area contributed by atoms with Gasteiger partial charge in [-0.1, -0.05) is 13.8 Å². The Bertz CT molecular complexity index is 500. The third-order valence-corrected chi connectivity index (χ3v) is 2.91. The molecule has 0 spiro atoms. The number of ether oxygens (including phenoxy) is 2. The highest BCUT2D eigenvalue weighted by Gasteiger charge is 2.26. The SMILES string of the molecule is COC(=O)[C@@H](NC(=O)c1ccc(OC)cc1N)C(C)C. The van der Waals surface area contributed by atoms with Crippen LogP contribution in [0.15, 0.2) is 18.2 Å². The van der Waals surface area contributed by atoms with Crippen molar-refractivity contribution < 1.29 is 19.1 Å². The first-order valence-corrected chi connectivity index (χ1v) is 6.23. The molecule has 0 saturated carbocycles. The van der Waals surface area contributed by atoms with E-state index in [4.69, 9.17) is 10.5 Å². The lowest BCUT2D eigenvalue weighted by Gasteiger charge is -2.20. The van der Waals surface area contributed by atoms with Crippen LogP contribution in [0.5, 0.6) is 5.75 Å². The molecule has 0 saturated heterocycles. The topological polar surface area (TPSA) is 90.6 Å². The Kier molecular flexibility index (Phi) is 5.37. The molecule has 1 amide bonds. The molecule has 1 aromatic carbocycles. The fourth-order valence-corrected chi connectivity index (χ4v) is 1.72. The van der Waals surface area contributed by atoms with E-state index in [-0.39, 0.29) is 11.6 Å². The second kappa shape index (κ2) is 6.79. The number of esters is 1. The Balaban J connectivity index is 2.92. The van der Waals surface area contributed by atoms with E-state index in [0.29, 0.717) is 11.3 Å². The van der Waals surface area contributed by atoms with Gasteiger partial charge in [0.2, 0.25) is 0 Å². The zero-order valence-electron chi connectivity index (χ0n) is 12.1. The molecule has 0 aromatic heterocycles. The number of methoxy groups -OCH3 is 2. The minimum absolute atomic E-state index is 0.0918. The molecule has 6 heteroatoms. The lowest BCUT2D eigenvalue weighted by molar-refractivity contribution is -0.144. The Labute approximate surface area is 118 Å². The zero-order chi connectivity index (χ0) is 15.3. The molecule has 0 aliphatic rings. The van der Waals surface area contributed by atoms with Crippen molar-refractivity contribution in [1.29, 1.82) is 0 Å². The van der Waals surface area contributed by atoms with Crippen molar-refractivity contribution in [3.63, 3.8) is 0 Å². The van der Waals surface area contributed by atoms with Crippen LogP contribution in [0, 0.1) is 5.92 Å². The van der Waals surface area contributed by atoms with Crippen LogP contribution in [0.4, 0.5) is 5.69 Å². The van der Waals surface area contributed by atoms with Crippen LogP contribution in [0.2, 0.25) is 0 Å². The summed E-state index contributed by atoms with van der Waals surface area (Å²) in [5.74, 6) is -0.437. The maximum absolute atomic E-state index is 12.2. The van der Waals surface area contributed by atoms with Gasteiger partial charge < -0.3 is 20.5 Å². The van der Waals surface area contributed by atoms with Crippen molar-refractivity contribution in [2.24, 2.45) is 5.92 Å². The summed E-state index contributed by atoms with van der Waals surface area (Å²) in [6, 6.07) is 4.03. The van der Waals surface area contributed by atoms with Crippen LogP contribution in [0.3, 0.4) is 0 Å². The first-order chi connectivity index (χ1) is 9.40. The lowest BCUT2D eigenvalue weighted by atomic mass is 10.0.